The number of nitriles is 1. The molecule has 44 heavy (non-hydrogen) atoms. The van der Waals surface area contributed by atoms with Gasteiger partial charge in [-0.05, 0) is 45.2 Å². The molecule has 230 valence electrons. The number of hydrogen-bond donors (Lipinski definition) is 2. The molecule has 0 bridgehead atoms. The van der Waals surface area contributed by atoms with Gasteiger partial charge in [0.2, 0.25) is 11.9 Å². The van der Waals surface area contributed by atoms with Crippen LogP contribution >= 0.6 is 23.1 Å². The fourth-order valence-corrected chi connectivity index (χ4v) is 10.5. The molecule has 0 amide bonds. The highest BCUT2D eigenvalue weighted by Crippen LogP contribution is 2.58. The Kier molecular flexibility index (Phi) is 6.59. The summed E-state index contributed by atoms with van der Waals surface area (Å²) in [6.07, 6.45) is 5.33. The number of pyridine rings is 1. The van der Waals surface area contributed by atoms with Crippen LogP contribution < -0.4 is 26.0 Å². The maximum Gasteiger partial charge on any atom is 0.323 e. The minimum absolute atomic E-state index is 0.118. The van der Waals surface area contributed by atoms with Crippen LogP contribution in [-0.2, 0) is 10.5 Å². The van der Waals surface area contributed by atoms with Gasteiger partial charge >= 0.3 is 6.01 Å². The lowest BCUT2D eigenvalue weighted by atomic mass is 9.88. The molecule has 3 saturated heterocycles. The van der Waals surface area contributed by atoms with Crippen molar-refractivity contribution in [3.63, 3.8) is 0 Å². The summed E-state index contributed by atoms with van der Waals surface area (Å²) in [6, 6.07) is 6.64. The number of thiophene rings is 1. The monoisotopic (exact) mass is 634 g/mol. The number of rotatable bonds is 8. The number of anilines is 4. The Balaban J connectivity index is 1.13. The van der Waals surface area contributed by atoms with Crippen LogP contribution in [0, 0.1) is 11.3 Å². The number of hydrogen-bond acceptors (Lipinski definition) is 13. The number of aromatic nitrogens is 4. The molecule has 0 radical (unpaired) electrons. The number of nitrogens with zero attached hydrogens (tertiary/aromatic N) is 8. The second-order valence-corrected chi connectivity index (χ2v) is 15.3. The molecule has 3 aromatic heterocycles. The Morgan fingerprint density at radius 1 is 1.27 bits per heavy atom. The Morgan fingerprint density at radius 3 is 2.89 bits per heavy atom. The largest absolute Gasteiger partial charge is 0.461 e. The van der Waals surface area contributed by atoms with Gasteiger partial charge in [0.05, 0.1) is 21.9 Å². The number of alkyl halides is 1. The normalized spacial score (nSPS) is 25.8. The number of thioether (sulfide) groups is 1. The van der Waals surface area contributed by atoms with E-state index in [9.17, 15) is 9.65 Å². The van der Waals surface area contributed by atoms with Crippen molar-refractivity contribution in [2.75, 3.05) is 54.1 Å². The Bertz CT molecular complexity index is 1650. The van der Waals surface area contributed by atoms with Crippen molar-refractivity contribution in [1.82, 2.24) is 24.8 Å². The lowest BCUT2D eigenvalue weighted by molar-refractivity contribution is 0.107. The van der Waals surface area contributed by atoms with Crippen LogP contribution in [0.2, 0.25) is 0 Å². The standard InChI is InChI=1S/C30H35FN10OS2/c1-17(20-4-2-8-35-24(20)33)41(19-5-6-19)27-36-26(37-28(38-27)42-16-29-7-3-9-40(29)12-18(31)10-29)39-14-30(15-39)23-21(11-32)25(34)44-22(23)13-43-30/h2,4,8,17-19H,3,5-7,9-10,12-16,34H2,1H3,(H2,33,35)/t17-,18-,29+/m1/s1. The number of ether oxygens (including phenoxy) is 1. The zero-order valence-electron chi connectivity index (χ0n) is 24.6. The molecule has 11 nitrogen and oxygen atoms in total. The lowest BCUT2D eigenvalue weighted by Crippen LogP contribution is -2.57. The predicted octanol–water partition coefficient (Wildman–Crippen LogP) is 4.01. The Hall–Kier alpha value is -3.41. The zero-order chi connectivity index (χ0) is 30.2. The average molecular weight is 635 g/mol. The average Bonchev–Trinajstić information content (AvgIpc) is 3.35. The molecule has 1 spiro atoms. The van der Waals surface area contributed by atoms with E-state index in [0.29, 0.717) is 60.9 Å². The van der Waals surface area contributed by atoms with Crippen molar-refractivity contribution in [2.45, 2.75) is 73.3 Å². The van der Waals surface area contributed by atoms with E-state index in [4.69, 9.17) is 31.2 Å². The Labute approximate surface area is 263 Å². The van der Waals surface area contributed by atoms with Crippen LogP contribution in [0.4, 0.5) is 27.1 Å². The lowest BCUT2D eigenvalue weighted by Gasteiger charge is -2.48. The minimum Gasteiger partial charge on any atom is -0.461 e. The van der Waals surface area contributed by atoms with E-state index < -0.39 is 6.17 Å². The van der Waals surface area contributed by atoms with Gasteiger partial charge < -0.3 is 26.0 Å². The smallest absolute Gasteiger partial charge is 0.323 e. The van der Waals surface area contributed by atoms with E-state index in [-0.39, 0.29) is 28.4 Å². The highest BCUT2D eigenvalue weighted by atomic mass is 32.2. The van der Waals surface area contributed by atoms with E-state index in [1.807, 2.05) is 23.9 Å². The summed E-state index contributed by atoms with van der Waals surface area (Å²) < 4.78 is 20.7. The molecule has 4 fully saturated rings. The molecule has 14 heteroatoms. The van der Waals surface area contributed by atoms with Gasteiger partial charge in [0, 0.05) is 60.1 Å². The molecule has 1 saturated carbocycles. The van der Waals surface area contributed by atoms with E-state index in [1.54, 1.807) is 6.20 Å². The SMILES string of the molecule is C[C@H](c1cccnc1N)N(c1nc(OC[C@@]23CCCN2C[C@H](F)C3)nc(N2CC3(C2)SCc2sc(N)c(C#N)c23)n1)C1CC1. The van der Waals surface area contributed by atoms with E-state index in [2.05, 4.69) is 32.7 Å². The first-order chi connectivity index (χ1) is 21.3. The number of fused-ring (bicyclic) bond motifs is 3. The molecule has 0 aromatic carbocycles. The van der Waals surface area contributed by atoms with E-state index in [1.165, 1.54) is 16.2 Å². The Morgan fingerprint density at radius 2 is 2.11 bits per heavy atom. The summed E-state index contributed by atoms with van der Waals surface area (Å²) in [4.78, 5) is 26.8. The third kappa shape index (κ3) is 4.46. The molecule has 4 N–H and O–H groups in total. The molecule has 1 aliphatic carbocycles. The summed E-state index contributed by atoms with van der Waals surface area (Å²) in [5.41, 5.74) is 14.8. The highest BCUT2D eigenvalue weighted by Gasteiger charge is 2.53. The van der Waals surface area contributed by atoms with Gasteiger partial charge in [0.15, 0.2) is 0 Å². The first kappa shape index (κ1) is 28.1. The third-order valence-electron chi connectivity index (χ3n) is 9.96. The van der Waals surface area contributed by atoms with Crippen LogP contribution in [0.15, 0.2) is 18.3 Å². The van der Waals surface area contributed by atoms with Gasteiger partial charge in [0.25, 0.3) is 0 Å². The molecule has 0 unspecified atom stereocenters. The molecule has 3 aromatic rings. The summed E-state index contributed by atoms with van der Waals surface area (Å²) in [5.74, 6) is 2.42. The van der Waals surface area contributed by atoms with Crippen LogP contribution in [0.5, 0.6) is 6.01 Å². The van der Waals surface area contributed by atoms with Crippen molar-refractivity contribution in [2.24, 2.45) is 0 Å². The van der Waals surface area contributed by atoms with Gasteiger partial charge in [-0.1, -0.05) is 6.07 Å². The van der Waals surface area contributed by atoms with Gasteiger partial charge in [-0.3, -0.25) is 4.90 Å². The third-order valence-corrected chi connectivity index (χ3v) is 12.6. The van der Waals surface area contributed by atoms with Gasteiger partial charge in [-0.15, -0.1) is 23.1 Å². The predicted molar refractivity (Wildman–Crippen MR) is 170 cm³/mol. The fourth-order valence-electron chi connectivity index (χ4n) is 7.67. The van der Waals surface area contributed by atoms with Crippen molar-refractivity contribution >= 4 is 45.8 Å². The first-order valence-corrected chi connectivity index (χ1v) is 17.1. The van der Waals surface area contributed by atoms with E-state index >= 15 is 0 Å². The number of nitrogens with two attached hydrogens (primary N) is 2. The van der Waals surface area contributed by atoms with Crippen molar-refractivity contribution in [3.8, 4) is 12.1 Å². The molecule has 3 atom stereocenters. The summed E-state index contributed by atoms with van der Waals surface area (Å²) in [7, 11) is 0. The number of halogens is 1. The summed E-state index contributed by atoms with van der Waals surface area (Å²) in [5, 5.41) is 10.4. The van der Waals surface area contributed by atoms with Crippen LogP contribution in [0.25, 0.3) is 0 Å². The second kappa shape index (κ2) is 10.3. The molecular formula is C30H35FN10OS2. The number of nitrogen functional groups attached to an aromatic ring is 2. The quantitative estimate of drug-likeness (QED) is 0.369. The fraction of sp³-hybridized carbons (Fsp3) is 0.567. The molecule has 4 aliphatic heterocycles. The highest BCUT2D eigenvalue weighted by molar-refractivity contribution is 8.00. The van der Waals surface area contributed by atoms with Crippen LogP contribution in [-0.4, -0.2) is 75.4 Å². The molecule has 5 aliphatic rings. The maximum atomic E-state index is 14.5. The summed E-state index contributed by atoms with van der Waals surface area (Å²) >= 11 is 3.39. The maximum absolute atomic E-state index is 14.5. The van der Waals surface area contributed by atoms with Crippen molar-refractivity contribution in [1.29, 1.82) is 5.26 Å². The van der Waals surface area contributed by atoms with Gasteiger partial charge in [0.1, 0.15) is 29.7 Å². The van der Waals surface area contributed by atoms with Gasteiger partial charge in [-0.2, -0.15) is 20.2 Å². The molecular weight excluding hydrogens is 600 g/mol. The van der Waals surface area contributed by atoms with Crippen molar-refractivity contribution in [3.05, 3.63) is 39.9 Å². The van der Waals surface area contributed by atoms with Crippen LogP contribution in [0.3, 0.4) is 0 Å². The van der Waals surface area contributed by atoms with Crippen molar-refractivity contribution < 1.29 is 9.13 Å². The second-order valence-electron chi connectivity index (χ2n) is 12.8. The van der Waals surface area contributed by atoms with Crippen LogP contribution in [0.1, 0.15) is 66.6 Å². The van der Waals surface area contributed by atoms with Gasteiger partial charge in [-0.25, -0.2) is 9.37 Å². The van der Waals surface area contributed by atoms with E-state index in [0.717, 1.165) is 49.1 Å². The zero-order valence-corrected chi connectivity index (χ0v) is 26.2. The first-order valence-electron chi connectivity index (χ1n) is 15.3. The summed E-state index contributed by atoms with van der Waals surface area (Å²) in [6.45, 7) is 5.12. The minimum atomic E-state index is -0.838. The molecule has 8 rings (SSSR count). The topological polar surface area (TPSA) is 146 Å². The molecule has 7 heterocycles.